The number of aryl methyl sites for hydroxylation is 1. The lowest BCUT2D eigenvalue weighted by Gasteiger charge is -2.14. The molecule has 0 radical (unpaired) electrons. The van der Waals surface area contributed by atoms with Crippen molar-refractivity contribution in [3.05, 3.63) is 53.9 Å². The summed E-state index contributed by atoms with van der Waals surface area (Å²) in [5.41, 5.74) is 2.34. The molecule has 0 aliphatic heterocycles. The number of amides is 1. The number of carboxylic acid groups (broad SMARTS) is 1. The van der Waals surface area contributed by atoms with Gasteiger partial charge in [0, 0.05) is 25.2 Å². The lowest BCUT2D eigenvalue weighted by molar-refractivity contribution is 0.144. The Kier molecular flexibility index (Phi) is 8.77. The summed E-state index contributed by atoms with van der Waals surface area (Å²) in [7, 11) is 3.12. The Morgan fingerprint density at radius 2 is 1.88 bits per heavy atom. The smallest absolute Gasteiger partial charge is 0.432 e. The van der Waals surface area contributed by atoms with E-state index in [4.69, 9.17) is 23.7 Å². The Morgan fingerprint density at radius 1 is 1.12 bits per heavy atom. The van der Waals surface area contributed by atoms with Crippen LogP contribution in [0.5, 0.6) is 11.5 Å². The normalized spacial score (nSPS) is 12.0. The summed E-state index contributed by atoms with van der Waals surface area (Å²) in [6.07, 6.45) is 0.421. The summed E-state index contributed by atoms with van der Waals surface area (Å²) in [5.74, 6) is 1.94. The molecule has 0 fully saturated rings. The molecule has 3 rings (SSSR count). The van der Waals surface area contributed by atoms with Gasteiger partial charge in [-0.05, 0) is 48.7 Å². The topological polar surface area (TPSA) is 129 Å². The van der Waals surface area contributed by atoms with Crippen LogP contribution in [0, 0.1) is 6.92 Å². The second-order valence-electron chi connectivity index (χ2n) is 6.75. The molecule has 0 spiro atoms. The highest BCUT2D eigenvalue weighted by Gasteiger charge is 2.17. The van der Waals surface area contributed by atoms with E-state index >= 15 is 0 Å². The monoisotopic (exact) mass is 484 g/mol. The molecule has 1 aromatic heterocycles. The van der Waals surface area contributed by atoms with Gasteiger partial charge in [-0.2, -0.15) is 9.98 Å². The van der Waals surface area contributed by atoms with E-state index in [0.29, 0.717) is 53.4 Å². The van der Waals surface area contributed by atoms with Crippen LogP contribution in [0.3, 0.4) is 0 Å². The van der Waals surface area contributed by atoms with Gasteiger partial charge in [-0.1, -0.05) is 5.16 Å². The van der Waals surface area contributed by atoms with Gasteiger partial charge in [-0.3, -0.25) is 0 Å². The highest BCUT2D eigenvalue weighted by molar-refractivity contribution is 8.15. The average molecular weight is 485 g/mol. The van der Waals surface area contributed by atoms with Gasteiger partial charge in [0.25, 0.3) is 0 Å². The fourth-order valence-corrected chi connectivity index (χ4v) is 3.44. The summed E-state index contributed by atoms with van der Waals surface area (Å²) >= 11 is 1.18. The zero-order valence-electron chi connectivity index (χ0n) is 19.1. The number of aromatic nitrogens is 2. The van der Waals surface area contributed by atoms with Gasteiger partial charge in [-0.25, -0.2) is 9.79 Å². The first kappa shape index (κ1) is 24.9. The predicted molar refractivity (Wildman–Crippen MR) is 130 cm³/mol. The average Bonchev–Trinajstić information content (AvgIpc) is 3.28. The van der Waals surface area contributed by atoms with E-state index < -0.39 is 6.09 Å². The molecule has 3 aromatic rings. The van der Waals surface area contributed by atoms with Crippen LogP contribution < -0.4 is 9.47 Å². The van der Waals surface area contributed by atoms with Gasteiger partial charge >= 0.3 is 6.09 Å². The Hall–Kier alpha value is -3.70. The van der Waals surface area contributed by atoms with Crippen LogP contribution in [0.1, 0.15) is 11.5 Å². The predicted octanol–water partition coefficient (Wildman–Crippen LogP) is 4.64. The van der Waals surface area contributed by atoms with Gasteiger partial charge in [0.1, 0.15) is 17.4 Å². The third-order valence-electron chi connectivity index (χ3n) is 4.47. The molecule has 34 heavy (non-hydrogen) atoms. The minimum atomic E-state index is -1.31. The molecule has 11 heteroatoms. The summed E-state index contributed by atoms with van der Waals surface area (Å²) < 4.78 is 21.2. The Labute approximate surface area is 200 Å². The molecule has 1 N–H and O–H groups in total. The van der Waals surface area contributed by atoms with Crippen molar-refractivity contribution >= 4 is 34.3 Å². The summed E-state index contributed by atoms with van der Waals surface area (Å²) in [4.78, 5) is 24.0. The van der Waals surface area contributed by atoms with Crippen molar-refractivity contribution in [3.8, 4) is 22.9 Å². The number of benzene rings is 2. The molecule has 1 heterocycles. The molecule has 0 bridgehead atoms. The van der Waals surface area contributed by atoms with Crippen LogP contribution in [0.15, 0.2) is 57.0 Å². The highest BCUT2D eigenvalue weighted by Crippen LogP contribution is 2.30. The molecular formula is C23H24N4O6S. The standard InChI is InChI=1S/C23H24N4O6S/c1-14-24-21(27-33-14)15-5-8-17(9-6-15)25-20(22(34-4)26-23(28)29)16-7-10-18(19(13-16)31-3)32-12-11-30-2/h5-10,13H,11-12H2,1-4H3,(H,28,29). The number of carbonyl (C=O) groups is 1. The van der Waals surface area contributed by atoms with Crippen molar-refractivity contribution in [3.63, 3.8) is 0 Å². The van der Waals surface area contributed by atoms with Crippen molar-refractivity contribution < 1.29 is 28.6 Å². The van der Waals surface area contributed by atoms with Crippen molar-refractivity contribution in [1.82, 2.24) is 10.1 Å². The molecule has 0 saturated heterocycles. The van der Waals surface area contributed by atoms with Gasteiger partial charge in [-0.15, -0.1) is 11.8 Å². The maximum absolute atomic E-state index is 11.3. The minimum absolute atomic E-state index is 0.237. The van der Waals surface area contributed by atoms with Crippen LogP contribution in [0.2, 0.25) is 0 Å². The molecule has 0 saturated carbocycles. The summed E-state index contributed by atoms with van der Waals surface area (Å²) in [6.45, 7) is 2.50. The highest BCUT2D eigenvalue weighted by atomic mass is 32.2. The van der Waals surface area contributed by atoms with E-state index in [9.17, 15) is 9.90 Å². The fraction of sp³-hybridized carbons (Fsp3) is 0.261. The van der Waals surface area contributed by atoms with Crippen LogP contribution in [0.25, 0.3) is 11.4 Å². The van der Waals surface area contributed by atoms with E-state index in [-0.39, 0.29) is 5.04 Å². The van der Waals surface area contributed by atoms with Crippen LogP contribution >= 0.6 is 11.8 Å². The first-order valence-electron chi connectivity index (χ1n) is 10.1. The zero-order valence-corrected chi connectivity index (χ0v) is 20.0. The number of hydrogen-bond donors (Lipinski definition) is 1. The second kappa shape index (κ2) is 12.0. The summed E-state index contributed by atoms with van der Waals surface area (Å²) in [5, 5.41) is 13.4. The zero-order chi connectivity index (χ0) is 24.5. The Bertz CT molecular complexity index is 1190. The van der Waals surface area contributed by atoms with Crippen LogP contribution in [0.4, 0.5) is 10.5 Å². The maximum Gasteiger partial charge on any atom is 0.432 e. The number of aliphatic imine (C=N–C) groups is 2. The SMILES string of the molecule is COCCOc1ccc(C(=Nc2ccc(-c3noc(C)n3)cc2)C(=NC(=O)O)SC)cc1OC. The Morgan fingerprint density at radius 3 is 2.47 bits per heavy atom. The quantitative estimate of drug-likeness (QED) is 0.262. The number of methoxy groups -OCH3 is 2. The molecule has 10 nitrogen and oxygen atoms in total. The lowest BCUT2D eigenvalue weighted by Crippen LogP contribution is -2.14. The number of ether oxygens (including phenoxy) is 3. The van der Waals surface area contributed by atoms with E-state index in [1.807, 2.05) is 0 Å². The number of rotatable bonds is 9. The molecule has 0 atom stereocenters. The number of nitrogens with zero attached hydrogens (tertiary/aromatic N) is 4. The van der Waals surface area contributed by atoms with Crippen molar-refractivity contribution in [1.29, 1.82) is 0 Å². The lowest BCUT2D eigenvalue weighted by atomic mass is 10.1. The van der Waals surface area contributed by atoms with Crippen molar-refractivity contribution in [2.45, 2.75) is 6.92 Å². The van der Waals surface area contributed by atoms with Crippen LogP contribution in [-0.4, -0.2) is 65.8 Å². The fourth-order valence-electron chi connectivity index (χ4n) is 2.92. The van der Waals surface area contributed by atoms with Gasteiger partial charge in [0.15, 0.2) is 11.5 Å². The second-order valence-corrected chi connectivity index (χ2v) is 7.55. The molecule has 2 aromatic carbocycles. The van der Waals surface area contributed by atoms with E-state index in [0.717, 1.165) is 5.56 Å². The first-order valence-corrected chi connectivity index (χ1v) is 11.3. The van der Waals surface area contributed by atoms with E-state index in [1.54, 1.807) is 62.8 Å². The maximum atomic E-state index is 11.3. The minimum Gasteiger partial charge on any atom is -0.493 e. The van der Waals surface area contributed by atoms with Gasteiger partial charge in [0.05, 0.1) is 19.4 Å². The number of hydrogen-bond acceptors (Lipinski definition) is 9. The largest absolute Gasteiger partial charge is 0.493 e. The summed E-state index contributed by atoms with van der Waals surface area (Å²) in [6, 6.07) is 12.4. The third kappa shape index (κ3) is 6.42. The van der Waals surface area contributed by atoms with Gasteiger partial charge in [0.2, 0.25) is 11.7 Å². The van der Waals surface area contributed by atoms with E-state index in [1.165, 1.54) is 18.9 Å². The van der Waals surface area contributed by atoms with Crippen molar-refractivity contribution in [2.24, 2.45) is 9.98 Å². The molecule has 0 aliphatic rings. The van der Waals surface area contributed by atoms with E-state index in [2.05, 4.69) is 15.1 Å². The molecule has 0 aliphatic carbocycles. The molecular weight excluding hydrogens is 460 g/mol. The van der Waals surface area contributed by atoms with Crippen LogP contribution in [-0.2, 0) is 4.74 Å². The molecule has 178 valence electrons. The first-order chi connectivity index (χ1) is 16.4. The molecule has 0 unspecified atom stereocenters. The molecule has 1 amide bonds. The Balaban J connectivity index is 2.02. The van der Waals surface area contributed by atoms with Crippen molar-refractivity contribution in [2.75, 3.05) is 33.7 Å². The number of thioether (sulfide) groups is 1. The van der Waals surface area contributed by atoms with Gasteiger partial charge < -0.3 is 23.8 Å². The third-order valence-corrected chi connectivity index (χ3v) is 5.14.